The molecule has 0 spiro atoms. The van der Waals surface area contributed by atoms with Crippen molar-refractivity contribution in [2.75, 3.05) is 5.32 Å². The summed E-state index contributed by atoms with van der Waals surface area (Å²) in [6.07, 6.45) is 1.93. The fraction of sp³-hybridized carbons (Fsp3) is 0.438. The highest BCUT2D eigenvalue weighted by Gasteiger charge is 2.28. The van der Waals surface area contributed by atoms with Crippen molar-refractivity contribution in [2.45, 2.75) is 39.7 Å². The van der Waals surface area contributed by atoms with Crippen LogP contribution in [0.15, 0.2) is 29.1 Å². The Morgan fingerprint density at radius 3 is 2.48 bits per heavy atom. The zero-order valence-corrected chi connectivity index (χ0v) is 15.1. The Morgan fingerprint density at radius 2 is 1.91 bits per heavy atom. The van der Waals surface area contributed by atoms with Gasteiger partial charge in [-0.15, -0.1) is 22.7 Å². The van der Waals surface area contributed by atoms with Crippen molar-refractivity contribution in [2.24, 2.45) is 5.41 Å². The van der Waals surface area contributed by atoms with E-state index in [2.05, 4.69) is 36.4 Å². The predicted octanol–water partition coefficient (Wildman–Crippen LogP) is 3.83. The van der Waals surface area contributed by atoms with E-state index in [1.54, 1.807) is 22.9 Å². The number of aromatic nitrogens is 1. The maximum Gasteiger partial charge on any atom is 0.226 e. The first-order valence-electron chi connectivity index (χ1n) is 7.38. The third-order valence-corrected chi connectivity index (χ3v) is 4.88. The van der Waals surface area contributed by atoms with Gasteiger partial charge in [0.25, 0.3) is 0 Å². The molecule has 2 amide bonds. The van der Waals surface area contributed by atoms with E-state index in [1.807, 2.05) is 17.5 Å². The zero-order chi connectivity index (χ0) is 16.9. The Bertz CT molecular complexity index is 631. The second kappa shape index (κ2) is 7.70. The van der Waals surface area contributed by atoms with Crippen LogP contribution in [0.25, 0.3) is 0 Å². The molecule has 0 aliphatic heterocycles. The molecule has 2 aromatic heterocycles. The van der Waals surface area contributed by atoms with E-state index in [9.17, 15) is 9.59 Å². The summed E-state index contributed by atoms with van der Waals surface area (Å²) in [5.41, 5.74) is -0.0936. The van der Waals surface area contributed by atoms with E-state index in [1.165, 1.54) is 11.3 Å². The SMILES string of the molecule is CC(C)(C)[C@@H](NC(=O)CCC(=O)Nc1nccs1)c1cccs1. The molecule has 0 saturated carbocycles. The van der Waals surface area contributed by atoms with Gasteiger partial charge >= 0.3 is 0 Å². The highest BCUT2D eigenvalue weighted by atomic mass is 32.1. The van der Waals surface area contributed by atoms with Crippen LogP contribution in [-0.2, 0) is 9.59 Å². The highest BCUT2D eigenvalue weighted by Crippen LogP contribution is 2.35. The van der Waals surface area contributed by atoms with E-state index >= 15 is 0 Å². The van der Waals surface area contributed by atoms with Crippen LogP contribution in [0.2, 0.25) is 0 Å². The van der Waals surface area contributed by atoms with Crippen molar-refractivity contribution < 1.29 is 9.59 Å². The van der Waals surface area contributed by atoms with Crippen molar-refractivity contribution in [1.29, 1.82) is 0 Å². The van der Waals surface area contributed by atoms with Crippen LogP contribution < -0.4 is 10.6 Å². The summed E-state index contributed by atoms with van der Waals surface area (Å²) < 4.78 is 0. The molecule has 0 aromatic carbocycles. The molecule has 0 radical (unpaired) electrons. The fourth-order valence-corrected chi connectivity index (χ4v) is 3.66. The second-order valence-electron chi connectivity index (χ2n) is 6.27. The number of carbonyl (C=O) groups excluding carboxylic acids is 2. The molecule has 2 heterocycles. The number of hydrogen-bond donors (Lipinski definition) is 2. The van der Waals surface area contributed by atoms with Gasteiger partial charge in [-0.05, 0) is 16.9 Å². The average Bonchev–Trinajstić information content (AvgIpc) is 3.14. The molecule has 0 aliphatic rings. The second-order valence-corrected chi connectivity index (χ2v) is 8.14. The summed E-state index contributed by atoms with van der Waals surface area (Å²) in [5, 5.41) is 10.1. The minimum atomic E-state index is -0.196. The Labute approximate surface area is 144 Å². The number of carbonyl (C=O) groups is 2. The highest BCUT2D eigenvalue weighted by molar-refractivity contribution is 7.13. The summed E-state index contributed by atoms with van der Waals surface area (Å²) in [6, 6.07) is 3.94. The Morgan fingerprint density at radius 1 is 1.17 bits per heavy atom. The lowest BCUT2D eigenvalue weighted by molar-refractivity contribution is -0.125. The van der Waals surface area contributed by atoms with Crippen LogP contribution in [0.5, 0.6) is 0 Å². The van der Waals surface area contributed by atoms with Crippen molar-refractivity contribution in [3.63, 3.8) is 0 Å². The van der Waals surface area contributed by atoms with Gasteiger partial charge in [-0.1, -0.05) is 26.8 Å². The number of nitrogens with one attached hydrogen (secondary N) is 2. The van der Waals surface area contributed by atoms with Gasteiger partial charge in [-0.25, -0.2) is 4.98 Å². The van der Waals surface area contributed by atoms with Gasteiger partial charge in [0.15, 0.2) is 5.13 Å². The number of thiophene rings is 1. The Kier molecular flexibility index (Phi) is 5.90. The lowest BCUT2D eigenvalue weighted by atomic mass is 9.85. The van der Waals surface area contributed by atoms with Crippen LogP contribution in [0.4, 0.5) is 5.13 Å². The predicted molar refractivity (Wildman–Crippen MR) is 94.6 cm³/mol. The summed E-state index contributed by atoms with van der Waals surface area (Å²) in [5.74, 6) is -0.314. The zero-order valence-electron chi connectivity index (χ0n) is 13.5. The molecule has 2 rings (SSSR count). The van der Waals surface area contributed by atoms with Crippen molar-refractivity contribution in [3.8, 4) is 0 Å². The largest absolute Gasteiger partial charge is 0.348 e. The average molecular weight is 351 g/mol. The lowest BCUT2D eigenvalue weighted by Crippen LogP contribution is -2.36. The summed E-state index contributed by atoms with van der Waals surface area (Å²) in [6.45, 7) is 6.27. The third kappa shape index (κ3) is 5.44. The standard InChI is InChI=1S/C16H21N3O2S2/c1-16(2,3)14(11-5-4-9-22-11)18-12(20)6-7-13(21)19-15-17-8-10-23-15/h4-5,8-10,14H,6-7H2,1-3H3,(H,18,20)(H,17,19,21)/t14-/m0/s1. The number of amides is 2. The molecule has 0 saturated heterocycles. The van der Waals surface area contributed by atoms with Crippen LogP contribution in [0.1, 0.15) is 44.5 Å². The molecular weight excluding hydrogens is 330 g/mol. The monoisotopic (exact) mass is 351 g/mol. The smallest absolute Gasteiger partial charge is 0.226 e. The third-order valence-electron chi connectivity index (χ3n) is 3.26. The molecule has 5 nitrogen and oxygen atoms in total. The lowest BCUT2D eigenvalue weighted by Gasteiger charge is -2.30. The van der Waals surface area contributed by atoms with E-state index in [-0.39, 0.29) is 36.1 Å². The van der Waals surface area contributed by atoms with Crippen LogP contribution in [0.3, 0.4) is 0 Å². The van der Waals surface area contributed by atoms with E-state index < -0.39 is 0 Å². The molecule has 0 bridgehead atoms. The number of anilines is 1. The molecule has 0 fully saturated rings. The van der Waals surface area contributed by atoms with Gasteiger partial charge in [0.1, 0.15) is 0 Å². The first kappa shape index (κ1) is 17.6. The van der Waals surface area contributed by atoms with E-state index in [0.717, 1.165) is 4.88 Å². The number of thiazole rings is 1. The maximum atomic E-state index is 12.2. The van der Waals surface area contributed by atoms with Gasteiger partial charge < -0.3 is 10.6 Å². The molecular formula is C16H21N3O2S2. The molecule has 1 atom stereocenters. The summed E-state index contributed by atoms with van der Waals surface area (Å²) in [7, 11) is 0. The van der Waals surface area contributed by atoms with Gasteiger partial charge in [0.2, 0.25) is 11.8 Å². The minimum Gasteiger partial charge on any atom is -0.348 e. The molecule has 7 heteroatoms. The molecule has 23 heavy (non-hydrogen) atoms. The van der Waals surface area contributed by atoms with Crippen molar-refractivity contribution in [3.05, 3.63) is 34.0 Å². The van der Waals surface area contributed by atoms with Gasteiger partial charge in [0, 0.05) is 29.3 Å². The summed E-state index contributed by atoms with van der Waals surface area (Å²) in [4.78, 5) is 29.1. The number of rotatable bonds is 6. The quantitative estimate of drug-likeness (QED) is 0.831. The van der Waals surface area contributed by atoms with E-state index in [0.29, 0.717) is 5.13 Å². The van der Waals surface area contributed by atoms with Crippen molar-refractivity contribution in [1.82, 2.24) is 10.3 Å². The van der Waals surface area contributed by atoms with Crippen LogP contribution in [-0.4, -0.2) is 16.8 Å². The molecule has 2 aromatic rings. The van der Waals surface area contributed by atoms with Crippen LogP contribution >= 0.6 is 22.7 Å². The molecule has 2 N–H and O–H groups in total. The fourth-order valence-electron chi connectivity index (χ4n) is 2.10. The first-order valence-corrected chi connectivity index (χ1v) is 9.14. The molecule has 0 unspecified atom stereocenters. The molecule has 124 valence electrons. The molecule has 0 aliphatic carbocycles. The Hall–Kier alpha value is -1.73. The van der Waals surface area contributed by atoms with Crippen LogP contribution in [0, 0.1) is 5.41 Å². The van der Waals surface area contributed by atoms with Crippen molar-refractivity contribution >= 4 is 39.6 Å². The number of hydrogen-bond acceptors (Lipinski definition) is 5. The normalized spacial score (nSPS) is 12.7. The first-order chi connectivity index (χ1) is 10.9. The maximum absolute atomic E-state index is 12.2. The summed E-state index contributed by atoms with van der Waals surface area (Å²) >= 11 is 2.98. The Balaban J connectivity index is 1.86. The number of nitrogens with zero attached hydrogens (tertiary/aromatic N) is 1. The van der Waals surface area contributed by atoms with Gasteiger partial charge in [-0.2, -0.15) is 0 Å². The topological polar surface area (TPSA) is 71.1 Å². The van der Waals surface area contributed by atoms with Gasteiger partial charge in [0.05, 0.1) is 6.04 Å². The van der Waals surface area contributed by atoms with E-state index in [4.69, 9.17) is 0 Å². The van der Waals surface area contributed by atoms with Gasteiger partial charge in [-0.3, -0.25) is 9.59 Å². The minimum absolute atomic E-state index is 0.0583.